The van der Waals surface area contributed by atoms with Gasteiger partial charge in [0.05, 0.1) is 31.5 Å². The monoisotopic (exact) mass is 591 g/mol. The molecule has 0 radical (unpaired) electrons. The van der Waals surface area contributed by atoms with Gasteiger partial charge in [-0.1, -0.05) is 47.7 Å². The zero-order valence-corrected chi connectivity index (χ0v) is 21.2. The van der Waals surface area contributed by atoms with Gasteiger partial charge in [0.2, 0.25) is 5.75 Å². The molecule has 1 fully saturated rings. The number of amides is 1. The standard InChI is InChI=1S/C22H11BrClN3O6S2/c23-16-7-3-13(10-17(16)24)25-21(28)20(35-22(25)34)9-12-1-5-15(6-2-12)33-19-8-4-14(26(29)30)11-18(19)27(31)32/h1-11H/b20-9+. The Morgan fingerprint density at radius 2 is 1.74 bits per heavy atom. The minimum absolute atomic E-state index is 0.137. The van der Waals surface area contributed by atoms with Crippen LogP contribution in [0.4, 0.5) is 17.1 Å². The number of non-ortho nitro benzene ring substituents is 1. The second-order valence-corrected chi connectivity index (χ2v) is 9.89. The van der Waals surface area contributed by atoms with Crippen molar-refractivity contribution in [2.45, 2.75) is 0 Å². The molecule has 13 heteroatoms. The normalized spacial score (nSPS) is 14.5. The topological polar surface area (TPSA) is 116 Å². The summed E-state index contributed by atoms with van der Waals surface area (Å²) in [6, 6.07) is 14.7. The maximum absolute atomic E-state index is 13.0. The van der Waals surface area contributed by atoms with Crippen LogP contribution in [0.5, 0.6) is 11.5 Å². The second-order valence-electron chi connectivity index (χ2n) is 6.95. The lowest BCUT2D eigenvalue weighted by molar-refractivity contribution is -0.394. The molecule has 9 nitrogen and oxygen atoms in total. The van der Waals surface area contributed by atoms with Gasteiger partial charge in [-0.25, -0.2) is 0 Å². The molecule has 0 atom stereocenters. The molecular formula is C22H11BrClN3O6S2. The highest BCUT2D eigenvalue weighted by molar-refractivity contribution is 9.10. The van der Waals surface area contributed by atoms with Gasteiger partial charge >= 0.3 is 5.69 Å². The second kappa shape index (κ2) is 10.1. The van der Waals surface area contributed by atoms with Gasteiger partial charge in [0.25, 0.3) is 11.6 Å². The van der Waals surface area contributed by atoms with E-state index < -0.39 is 21.2 Å². The number of anilines is 1. The molecule has 0 unspecified atom stereocenters. The summed E-state index contributed by atoms with van der Waals surface area (Å²) in [4.78, 5) is 35.5. The smallest absolute Gasteiger partial charge is 0.318 e. The summed E-state index contributed by atoms with van der Waals surface area (Å²) in [6.45, 7) is 0. The highest BCUT2D eigenvalue weighted by atomic mass is 79.9. The van der Waals surface area contributed by atoms with E-state index in [-0.39, 0.29) is 17.4 Å². The van der Waals surface area contributed by atoms with E-state index in [1.165, 1.54) is 11.0 Å². The molecule has 0 saturated carbocycles. The molecule has 4 rings (SSSR count). The largest absolute Gasteiger partial charge is 0.450 e. The van der Waals surface area contributed by atoms with Crippen LogP contribution >= 0.6 is 51.5 Å². The minimum atomic E-state index is -0.753. The first-order valence-electron chi connectivity index (χ1n) is 9.58. The van der Waals surface area contributed by atoms with Crippen LogP contribution in [-0.2, 0) is 4.79 Å². The lowest BCUT2D eigenvalue weighted by atomic mass is 10.2. The number of thiocarbonyl (C=S) groups is 1. The molecule has 3 aromatic carbocycles. The zero-order valence-electron chi connectivity index (χ0n) is 17.2. The van der Waals surface area contributed by atoms with Gasteiger partial charge in [-0.2, -0.15) is 0 Å². The molecule has 1 aliphatic heterocycles. The Labute approximate surface area is 220 Å². The molecular weight excluding hydrogens is 582 g/mol. The number of thioether (sulfide) groups is 1. The van der Waals surface area contributed by atoms with Crippen molar-refractivity contribution in [3.05, 3.63) is 101 Å². The number of carbonyl (C=O) groups excluding carboxylic acids is 1. The average Bonchev–Trinajstić information content (AvgIpc) is 3.09. The lowest BCUT2D eigenvalue weighted by Crippen LogP contribution is -2.27. The molecule has 1 heterocycles. The summed E-state index contributed by atoms with van der Waals surface area (Å²) in [7, 11) is 0. The van der Waals surface area contributed by atoms with Gasteiger partial charge in [-0.3, -0.25) is 29.9 Å². The van der Waals surface area contributed by atoms with E-state index in [0.717, 1.165) is 23.9 Å². The Morgan fingerprint density at radius 3 is 2.37 bits per heavy atom. The van der Waals surface area contributed by atoms with Gasteiger partial charge in [0.1, 0.15) is 5.75 Å². The predicted molar refractivity (Wildman–Crippen MR) is 141 cm³/mol. The van der Waals surface area contributed by atoms with Gasteiger partial charge in [0, 0.05) is 10.5 Å². The number of ether oxygens (including phenoxy) is 1. The molecule has 1 amide bonds. The van der Waals surface area contributed by atoms with Gasteiger partial charge < -0.3 is 4.74 Å². The van der Waals surface area contributed by atoms with Crippen molar-refractivity contribution in [1.29, 1.82) is 0 Å². The Bertz CT molecular complexity index is 1430. The number of carbonyl (C=O) groups is 1. The van der Waals surface area contributed by atoms with Crippen molar-refractivity contribution < 1.29 is 19.4 Å². The quantitative estimate of drug-likeness (QED) is 0.129. The average molecular weight is 593 g/mol. The van der Waals surface area contributed by atoms with E-state index in [1.807, 2.05) is 0 Å². The molecule has 0 N–H and O–H groups in total. The zero-order chi connectivity index (χ0) is 25.3. The first-order valence-corrected chi connectivity index (χ1v) is 12.0. The number of benzene rings is 3. The van der Waals surface area contributed by atoms with E-state index in [9.17, 15) is 25.0 Å². The van der Waals surface area contributed by atoms with Gasteiger partial charge in [-0.05, 0) is 64.0 Å². The fourth-order valence-corrected chi connectivity index (χ4v) is 4.79. The van der Waals surface area contributed by atoms with Crippen LogP contribution in [0.1, 0.15) is 5.56 Å². The number of nitro groups is 2. The van der Waals surface area contributed by atoms with E-state index in [2.05, 4.69) is 15.9 Å². The van der Waals surface area contributed by atoms with Crippen LogP contribution in [0, 0.1) is 20.2 Å². The van der Waals surface area contributed by atoms with Crippen LogP contribution in [-0.4, -0.2) is 20.1 Å². The van der Waals surface area contributed by atoms with Crippen LogP contribution in [0.25, 0.3) is 6.08 Å². The number of halogens is 2. The summed E-state index contributed by atoms with van der Waals surface area (Å²) in [5.41, 5.74) is 0.282. The molecule has 1 aliphatic rings. The molecule has 1 saturated heterocycles. The third-order valence-electron chi connectivity index (χ3n) is 4.71. The maximum atomic E-state index is 13.0. The van der Waals surface area contributed by atoms with Crippen molar-refractivity contribution in [2.75, 3.05) is 4.90 Å². The summed E-state index contributed by atoms with van der Waals surface area (Å²) in [5.74, 6) is -0.154. The first-order chi connectivity index (χ1) is 16.6. The molecule has 0 spiro atoms. The van der Waals surface area contributed by atoms with Crippen molar-refractivity contribution in [1.82, 2.24) is 0 Å². The summed E-state index contributed by atoms with van der Waals surface area (Å²) in [6.07, 6.45) is 1.66. The molecule has 0 bridgehead atoms. The third kappa shape index (κ3) is 5.35. The van der Waals surface area contributed by atoms with Crippen molar-refractivity contribution in [3.8, 4) is 11.5 Å². The minimum Gasteiger partial charge on any atom is -0.450 e. The van der Waals surface area contributed by atoms with E-state index in [1.54, 1.807) is 48.5 Å². The van der Waals surface area contributed by atoms with E-state index in [0.29, 0.717) is 30.0 Å². The Morgan fingerprint density at radius 1 is 1.03 bits per heavy atom. The van der Waals surface area contributed by atoms with E-state index in [4.69, 9.17) is 28.6 Å². The Hall–Kier alpha value is -3.32. The van der Waals surface area contributed by atoms with Crippen LogP contribution < -0.4 is 9.64 Å². The first kappa shape index (κ1) is 24.8. The fourth-order valence-electron chi connectivity index (χ4n) is 3.07. The Kier molecular flexibility index (Phi) is 7.17. The summed E-state index contributed by atoms with van der Waals surface area (Å²) >= 11 is 16.0. The number of hydrogen-bond donors (Lipinski definition) is 0. The van der Waals surface area contributed by atoms with Crippen LogP contribution in [0.3, 0.4) is 0 Å². The molecule has 3 aromatic rings. The lowest BCUT2D eigenvalue weighted by Gasteiger charge is -2.15. The number of nitro benzene ring substituents is 2. The third-order valence-corrected chi connectivity index (χ3v) is 7.25. The fraction of sp³-hybridized carbons (Fsp3) is 0. The number of hydrogen-bond acceptors (Lipinski definition) is 8. The Balaban J connectivity index is 1.54. The highest BCUT2D eigenvalue weighted by Gasteiger charge is 2.33. The van der Waals surface area contributed by atoms with Gasteiger partial charge in [-0.15, -0.1) is 0 Å². The van der Waals surface area contributed by atoms with Crippen molar-refractivity contribution in [2.24, 2.45) is 0 Å². The summed E-state index contributed by atoms with van der Waals surface area (Å²) in [5, 5.41) is 22.6. The van der Waals surface area contributed by atoms with Crippen LogP contribution in [0.2, 0.25) is 5.02 Å². The van der Waals surface area contributed by atoms with Crippen molar-refractivity contribution in [3.63, 3.8) is 0 Å². The summed E-state index contributed by atoms with van der Waals surface area (Å²) < 4.78 is 6.63. The number of rotatable bonds is 6. The molecule has 0 aromatic heterocycles. The predicted octanol–water partition coefficient (Wildman–Crippen LogP) is 7.12. The van der Waals surface area contributed by atoms with Crippen molar-refractivity contribution >= 4 is 84.9 Å². The van der Waals surface area contributed by atoms with Crippen LogP contribution in [0.15, 0.2) is 70.0 Å². The SMILES string of the molecule is O=C1/C(=C\c2ccc(Oc3ccc([N+](=O)[O-])cc3[N+](=O)[O-])cc2)SC(=S)N1c1ccc(Br)c(Cl)c1. The number of nitrogens with zero attached hydrogens (tertiary/aromatic N) is 3. The molecule has 176 valence electrons. The maximum Gasteiger partial charge on any atom is 0.318 e. The molecule has 35 heavy (non-hydrogen) atoms. The van der Waals surface area contributed by atoms with Gasteiger partial charge in [0.15, 0.2) is 4.32 Å². The van der Waals surface area contributed by atoms with E-state index >= 15 is 0 Å². The molecule has 0 aliphatic carbocycles. The highest BCUT2D eigenvalue weighted by Crippen LogP contribution is 2.38.